The van der Waals surface area contributed by atoms with Crippen molar-refractivity contribution < 1.29 is 18.3 Å². The fourth-order valence-corrected chi connectivity index (χ4v) is 2.60. The van der Waals surface area contributed by atoms with Crippen LogP contribution in [0.4, 0.5) is 8.78 Å². The molecule has 0 aliphatic carbocycles. The van der Waals surface area contributed by atoms with Gasteiger partial charge in [0.15, 0.2) is 0 Å². The average Bonchev–Trinajstić information content (AvgIpc) is 2.47. The van der Waals surface area contributed by atoms with Crippen LogP contribution < -0.4 is 4.74 Å². The second kappa shape index (κ2) is 5.77. The quantitative estimate of drug-likeness (QED) is 0.869. The number of halogens is 2. The molecule has 0 fully saturated rings. The van der Waals surface area contributed by atoms with Gasteiger partial charge in [-0.05, 0) is 36.6 Å². The van der Waals surface area contributed by atoms with Gasteiger partial charge in [0.25, 0.3) is 0 Å². The van der Waals surface area contributed by atoms with Gasteiger partial charge in [0, 0.05) is 30.5 Å². The zero-order valence-electron chi connectivity index (χ0n) is 11.6. The molecule has 1 aliphatic rings. The second-order valence-corrected chi connectivity index (χ2v) is 5.00. The molecule has 0 saturated heterocycles. The van der Waals surface area contributed by atoms with E-state index < -0.39 is 11.6 Å². The van der Waals surface area contributed by atoms with Gasteiger partial charge in [-0.1, -0.05) is 0 Å². The van der Waals surface area contributed by atoms with E-state index in [2.05, 4.69) is 4.98 Å². The van der Waals surface area contributed by atoms with E-state index in [-0.39, 0.29) is 6.10 Å². The van der Waals surface area contributed by atoms with Crippen molar-refractivity contribution in [2.45, 2.75) is 18.9 Å². The number of aromatic nitrogens is 1. The molecule has 0 saturated carbocycles. The summed E-state index contributed by atoms with van der Waals surface area (Å²) in [5.41, 5.74) is 1.92. The average molecular weight is 291 g/mol. The first-order chi connectivity index (χ1) is 10.2. The number of hydrogen-bond acceptors (Lipinski definition) is 3. The molecule has 0 radical (unpaired) electrons. The number of benzene rings is 1. The highest BCUT2D eigenvalue weighted by atomic mass is 19.1. The Bertz CT molecular complexity index is 661. The van der Waals surface area contributed by atoms with Crippen molar-refractivity contribution in [3.63, 3.8) is 0 Å². The maximum absolute atomic E-state index is 14.0. The molecule has 5 heteroatoms. The molecular formula is C16H15F2NO2. The second-order valence-electron chi connectivity index (χ2n) is 5.00. The van der Waals surface area contributed by atoms with E-state index in [1.54, 1.807) is 19.4 Å². The Balaban J connectivity index is 2.00. The SMILES string of the molecule is COCC1CCc2c(-c3ccc(F)cc3F)ccnc2O1. The van der Waals surface area contributed by atoms with Crippen LogP contribution in [-0.4, -0.2) is 24.8 Å². The fraction of sp³-hybridized carbons (Fsp3) is 0.312. The first-order valence-corrected chi connectivity index (χ1v) is 6.78. The summed E-state index contributed by atoms with van der Waals surface area (Å²) < 4.78 is 37.9. The van der Waals surface area contributed by atoms with E-state index in [1.165, 1.54) is 12.1 Å². The molecule has 110 valence electrons. The molecule has 2 heterocycles. The lowest BCUT2D eigenvalue weighted by atomic mass is 9.95. The van der Waals surface area contributed by atoms with E-state index in [0.29, 0.717) is 23.6 Å². The van der Waals surface area contributed by atoms with Crippen molar-refractivity contribution in [3.05, 3.63) is 47.7 Å². The highest BCUT2D eigenvalue weighted by molar-refractivity contribution is 5.69. The summed E-state index contributed by atoms with van der Waals surface area (Å²) >= 11 is 0. The van der Waals surface area contributed by atoms with Gasteiger partial charge in [-0.15, -0.1) is 0 Å². The first kappa shape index (κ1) is 13.9. The molecule has 1 aromatic heterocycles. The molecule has 3 nitrogen and oxygen atoms in total. The minimum absolute atomic E-state index is 0.0386. The van der Waals surface area contributed by atoms with Crippen molar-refractivity contribution >= 4 is 0 Å². The molecule has 21 heavy (non-hydrogen) atoms. The van der Waals surface area contributed by atoms with Gasteiger partial charge in [0.1, 0.15) is 17.7 Å². The molecule has 2 aromatic rings. The summed E-state index contributed by atoms with van der Waals surface area (Å²) in [5, 5.41) is 0. The van der Waals surface area contributed by atoms with Crippen LogP contribution in [-0.2, 0) is 11.2 Å². The van der Waals surface area contributed by atoms with E-state index >= 15 is 0 Å². The molecule has 1 unspecified atom stereocenters. The topological polar surface area (TPSA) is 31.4 Å². The van der Waals surface area contributed by atoms with Crippen molar-refractivity contribution in [3.8, 4) is 17.0 Å². The first-order valence-electron chi connectivity index (χ1n) is 6.78. The van der Waals surface area contributed by atoms with E-state index in [0.717, 1.165) is 24.5 Å². The predicted octanol–water partition coefficient (Wildman–Crippen LogP) is 3.37. The lowest BCUT2D eigenvalue weighted by Crippen LogP contribution is -2.28. The van der Waals surface area contributed by atoms with Gasteiger partial charge in [-0.25, -0.2) is 13.8 Å². The third-order valence-electron chi connectivity index (χ3n) is 3.58. The van der Waals surface area contributed by atoms with Gasteiger partial charge >= 0.3 is 0 Å². The standard InChI is InChI=1S/C16H15F2NO2/c1-20-9-11-3-5-14-12(6-7-19-16(14)21-11)13-4-2-10(17)8-15(13)18/h2,4,6-8,11H,3,5,9H2,1H3. The Morgan fingerprint density at radius 1 is 1.29 bits per heavy atom. The number of methoxy groups -OCH3 is 1. The minimum atomic E-state index is -0.587. The zero-order valence-corrected chi connectivity index (χ0v) is 11.6. The van der Waals surface area contributed by atoms with Gasteiger partial charge in [-0.3, -0.25) is 0 Å². The maximum atomic E-state index is 14.0. The normalized spacial score (nSPS) is 17.2. The number of pyridine rings is 1. The maximum Gasteiger partial charge on any atom is 0.217 e. The highest BCUT2D eigenvalue weighted by Crippen LogP contribution is 2.35. The van der Waals surface area contributed by atoms with Crippen LogP contribution in [0.25, 0.3) is 11.1 Å². The summed E-state index contributed by atoms with van der Waals surface area (Å²) in [6.45, 7) is 0.496. The molecule has 1 aromatic carbocycles. The largest absolute Gasteiger partial charge is 0.472 e. The summed E-state index contributed by atoms with van der Waals surface area (Å²) in [6.07, 6.45) is 3.04. The lowest BCUT2D eigenvalue weighted by molar-refractivity contribution is 0.0643. The number of fused-ring (bicyclic) bond motifs is 1. The number of nitrogens with zero attached hydrogens (tertiary/aromatic N) is 1. The number of ether oxygens (including phenoxy) is 2. The Hall–Kier alpha value is -2.01. The molecule has 1 atom stereocenters. The summed E-state index contributed by atoms with van der Waals surface area (Å²) in [5.74, 6) is -0.664. The molecule has 3 rings (SSSR count). The van der Waals surface area contributed by atoms with E-state index in [9.17, 15) is 8.78 Å². The molecule has 0 bridgehead atoms. The molecule has 0 amide bonds. The monoisotopic (exact) mass is 291 g/mol. The van der Waals surface area contributed by atoms with Crippen LogP contribution in [0.3, 0.4) is 0 Å². The minimum Gasteiger partial charge on any atom is -0.472 e. The number of rotatable bonds is 3. The third kappa shape index (κ3) is 2.74. The highest BCUT2D eigenvalue weighted by Gasteiger charge is 2.24. The molecular weight excluding hydrogens is 276 g/mol. The number of hydrogen-bond donors (Lipinski definition) is 0. The summed E-state index contributed by atoms with van der Waals surface area (Å²) in [6, 6.07) is 5.32. The van der Waals surface area contributed by atoms with Gasteiger partial charge in [0.2, 0.25) is 5.88 Å². The van der Waals surface area contributed by atoms with Crippen LogP contribution in [0, 0.1) is 11.6 Å². The Kier molecular flexibility index (Phi) is 3.84. The molecule has 0 N–H and O–H groups in total. The van der Waals surface area contributed by atoms with Crippen molar-refractivity contribution in [2.75, 3.05) is 13.7 Å². The third-order valence-corrected chi connectivity index (χ3v) is 3.58. The zero-order chi connectivity index (χ0) is 14.8. The smallest absolute Gasteiger partial charge is 0.217 e. The van der Waals surface area contributed by atoms with Crippen LogP contribution >= 0.6 is 0 Å². The fourth-order valence-electron chi connectivity index (χ4n) is 2.60. The van der Waals surface area contributed by atoms with Crippen LogP contribution in [0.5, 0.6) is 5.88 Å². The van der Waals surface area contributed by atoms with Crippen LogP contribution in [0.2, 0.25) is 0 Å². The molecule has 0 spiro atoms. The van der Waals surface area contributed by atoms with Crippen molar-refractivity contribution in [2.24, 2.45) is 0 Å². The van der Waals surface area contributed by atoms with Gasteiger partial charge in [-0.2, -0.15) is 0 Å². The van der Waals surface area contributed by atoms with Gasteiger partial charge in [0.05, 0.1) is 6.61 Å². The van der Waals surface area contributed by atoms with Crippen molar-refractivity contribution in [1.29, 1.82) is 0 Å². The Morgan fingerprint density at radius 3 is 2.90 bits per heavy atom. The van der Waals surface area contributed by atoms with Gasteiger partial charge < -0.3 is 9.47 Å². The molecule has 1 aliphatic heterocycles. The predicted molar refractivity (Wildman–Crippen MR) is 74.2 cm³/mol. The van der Waals surface area contributed by atoms with Crippen LogP contribution in [0.1, 0.15) is 12.0 Å². The lowest BCUT2D eigenvalue weighted by Gasteiger charge is -2.26. The summed E-state index contributed by atoms with van der Waals surface area (Å²) in [4.78, 5) is 4.21. The van der Waals surface area contributed by atoms with Crippen molar-refractivity contribution in [1.82, 2.24) is 4.98 Å². The summed E-state index contributed by atoms with van der Waals surface area (Å²) in [7, 11) is 1.62. The van der Waals surface area contributed by atoms with Crippen LogP contribution in [0.15, 0.2) is 30.5 Å². The van der Waals surface area contributed by atoms with E-state index in [4.69, 9.17) is 9.47 Å². The van der Waals surface area contributed by atoms with E-state index in [1.807, 2.05) is 0 Å². The Labute approximate surface area is 121 Å². The Morgan fingerprint density at radius 2 is 2.14 bits per heavy atom.